The van der Waals surface area contributed by atoms with E-state index in [9.17, 15) is 19.5 Å². The summed E-state index contributed by atoms with van der Waals surface area (Å²) in [4.78, 5) is 41.0. The second kappa shape index (κ2) is 9.59. The van der Waals surface area contributed by atoms with Crippen LogP contribution in [0.2, 0.25) is 0 Å². The Kier molecular flexibility index (Phi) is 7.20. The van der Waals surface area contributed by atoms with Crippen molar-refractivity contribution in [2.24, 2.45) is 0 Å². The summed E-state index contributed by atoms with van der Waals surface area (Å²) in [5, 5.41) is 12.7. The number of aliphatic carboxylic acids is 1. The lowest BCUT2D eigenvalue weighted by Gasteiger charge is -2.19. The van der Waals surface area contributed by atoms with E-state index in [2.05, 4.69) is 15.1 Å². The Labute approximate surface area is 161 Å². The maximum Gasteiger partial charge on any atom is 0.326 e. The summed E-state index contributed by atoms with van der Waals surface area (Å²) in [5.74, 6) is -2.39. The summed E-state index contributed by atoms with van der Waals surface area (Å²) in [5.41, 5.74) is 11.2. The number of amides is 1. The van der Waals surface area contributed by atoms with Gasteiger partial charge in [0, 0.05) is 37.1 Å². The number of rotatable bonds is 10. The van der Waals surface area contributed by atoms with Crippen LogP contribution in [0.1, 0.15) is 24.0 Å². The van der Waals surface area contributed by atoms with Gasteiger partial charge in [-0.1, -0.05) is 12.1 Å². The number of aromatic nitrogens is 1. The minimum atomic E-state index is -1.26. The summed E-state index contributed by atoms with van der Waals surface area (Å²) >= 11 is 0. The zero-order valence-electron chi connectivity index (χ0n) is 15.6. The molecule has 9 nitrogen and oxygen atoms in total. The average Bonchev–Trinajstić information content (AvgIpc) is 3.04. The second-order valence-electron chi connectivity index (χ2n) is 6.44. The molecule has 0 fully saturated rings. The summed E-state index contributed by atoms with van der Waals surface area (Å²) in [6, 6.07) is 4.66. The van der Waals surface area contributed by atoms with Crippen LogP contribution in [0.4, 0.5) is 0 Å². The molecule has 1 aromatic carbocycles. The Morgan fingerprint density at radius 3 is 2.79 bits per heavy atom. The van der Waals surface area contributed by atoms with Crippen molar-refractivity contribution in [2.45, 2.75) is 38.3 Å². The number of aryl methyl sites for hydroxylation is 1. The molecule has 28 heavy (non-hydrogen) atoms. The molecule has 0 radical (unpaired) electrons. The molecule has 148 valence electrons. The number of nitrogens with zero attached hydrogens (tertiary/aromatic N) is 2. The van der Waals surface area contributed by atoms with Crippen LogP contribution in [-0.4, -0.2) is 58.0 Å². The van der Waals surface area contributed by atoms with Gasteiger partial charge in [0.15, 0.2) is 0 Å². The van der Waals surface area contributed by atoms with Gasteiger partial charge in [-0.05, 0) is 30.5 Å². The highest BCUT2D eigenvalue weighted by atomic mass is 16.5. The fourth-order valence-electron chi connectivity index (χ4n) is 2.89. The molecule has 1 heterocycles. The third-order valence-corrected chi connectivity index (χ3v) is 4.40. The van der Waals surface area contributed by atoms with Gasteiger partial charge in [-0.25, -0.2) is 4.79 Å². The molecular weight excluding hydrogens is 364 g/mol. The van der Waals surface area contributed by atoms with Crippen LogP contribution in [0.3, 0.4) is 0 Å². The maximum atomic E-state index is 12.5. The van der Waals surface area contributed by atoms with E-state index in [1.807, 2.05) is 25.1 Å². The van der Waals surface area contributed by atoms with E-state index in [0.29, 0.717) is 6.21 Å². The third kappa shape index (κ3) is 5.35. The van der Waals surface area contributed by atoms with Gasteiger partial charge in [-0.2, -0.15) is 4.79 Å². The fraction of sp³-hybridized carbons (Fsp3) is 0.368. The Morgan fingerprint density at radius 2 is 2.14 bits per heavy atom. The number of ether oxygens (including phenoxy) is 1. The number of hydrogen-bond acceptors (Lipinski definition) is 4. The van der Waals surface area contributed by atoms with E-state index in [1.165, 1.54) is 7.11 Å². The minimum Gasteiger partial charge on any atom is -0.480 e. The molecule has 2 aromatic rings. The molecule has 2 atom stereocenters. The van der Waals surface area contributed by atoms with Crippen LogP contribution >= 0.6 is 0 Å². The molecule has 0 spiro atoms. The normalized spacial score (nSPS) is 12.8. The van der Waals surface area contributed by atoms with Gasteiger partial charge in [0.1, 0.15) is 12.1 Å². The van der Waals surface area contributed by atoms with Gasteiger partial charge in [0.2, 0.25) is 11.7 Å². The van der Waals surface area contributed by atoms with Crippen molar-refractivity contribution >= 4 is 34.8 Å². The number of carboxylic acid groups (broad SMARTS) is 1. The zero-order chi connectivity index (χ0) is 20.7. The zero-order valence-corrected chi connectivity index (χ0v) is 15.6. The van der Waals surface area contributed by atoms with Gasteiger partial charge in [0.05, 0.1) is 0 Å². The first-order valence-electron chi connectivity index (χ1n) is 8.68. The van der Waals surface area contributed by atoms with Gasteiger partial charge in [-0.15, -0.1) is 0 Å². The van der Waals surface area contributed by atoms with Crippen LogP contribution in [0.25, 0.3) is 16.4 Å². The first-order valence-corrected chi connectivity index (χ1v) is 8.68. The van der Waals surface area contributed by atoms with Crippen LogP contribution < -0.4 is 5.32 Å². The number of methoxy groups -OCH3 is 1. The summed E-state index contributed by atoms with van der Waals surface area (Å²) < 4.78 is 5.26. The van der Waals surface area contributed by atoms with E-state index in [-0.39, 0.29) is 19.3 Å². The number of carbonyl (C=O) groups is 3. The topological polar surface area (TPSA) is 145 Å². The van der Waals surface area contributed by atoms with Gasteiger partial charge in [0.25, 0.3) is 0 Å². The van der Waals surface area contributed by atoms with Crippen molar-refractivity contribution in [2.75, 3.05) is 7.11 Å². The molecule has 1 aromatic heterocycles. The van der Waals surface area contributed by atoms with Crippen molar-refractivity contribution in [1.29, 1.82) is 0 Å². The number of ketones is 1. The van der Waals surface area contributed by atoms with E-state index in [4.69, 9.17) is 10.3 Å². The summed E-state index contributed by atoms with van der Waals surface area (Å²) in [7, 11) is 1.38. The smallest absolute Gasteiger partial charge is 0.326 e. The Hall–Kier alpha value is -3.29. The number of aromatic amines is 1. The highest BCUT2D eigenvalue weighted by molar-refractivity contribution is 6.25. The molecule has 0 unspecified atom stereocenters. The molecule has 0 bridgehead atoms. The van der Waals surface area contributed by atoms with E-state index in [0.717, 1.165) is 22.0 Å². The van der Waals surface area contributed by atoms with Gasteiger partial charge < -0.3 is 25.7 Å². The number of nitrogens with one attached hydrogen (secondary N) is 2. The molecule has 1 amide bonds. The second-order valence-corrected chi connectivity index (χ2v) is 6.44. The lowest BCUT2D eigenvalue weighted by Crippen LogP contribution is -2.46. The SMILES string of the molecule is CO[C@@H](Cc1c[nH]c2cc(C)ccc12)C(=O)N[C@@H](CCC(=O)C=[N+]=[N-])C(=O)O. The highest BCUT2D eigenvalue weighted by Crippen LogP contribution is 2.21. The number of benzene rings is 1. The number of carbonyl (C=O) groups excluding carboxylic acids is 2. The molecular formula is C19H22N4O5. The number of hydrogen-bond donors (Lipinski definition) is 3. The standard InChI is InChI=1S/C19H22N4O5/c1-11-3-5-14-12(9-21-16(14)7-11)8-17(28-2)18(25)23-15(19(26)27)6-4-13(24)10-22-20/h3,5,7,9-10,15,17,21H,4,6,8H2,1-2H3,(H,23,25)(H,26,27)/t15-,17-/m0/s1. The van der Waals surface area contributed by atoms with Crippen molar-refractivity contribution < 1.29 is 29.0 Å². The van der Waals surface area contributed by atoms with Crippen LogP contribution in [0, 0.1) is 6.92 Å². The molecule has 0 saturated carbocycles. The summed E-state index contributed by atoms with van der Waals surface area (Å²) in [6.07, 6.45) is 1.54. The molecule has 0 saturated heterocycles. The third-order valence-electron chi connectivity index (χ3n) is 4.40. The summed E-state index contributed by atoms with van der Waals surface area (Å²) in [6.45, 7) is 1.98. The van der Waals surface area contributed by atoms with E-state index < -0.39 is 29.8 Å². The first-order chi connectivity index (χ1) is 13.3. The number of fused-ring (bicyclic) bond motifs is 1. The van der Waals surface area contributed by atoms with Crippen LogP contribution in [0.15, 0.2) is 24.4 Å². The molecule has 0 aliphatic rings. The minimum absolute atomic E-state index is 0.130. The largest absolute Gasteiger partial charge is 0.480 e. The fourth-order valence-corrected chi connectivity index (χ4v) is 2.89. The monoisotopic (exact) mass is 386 g/mol. The number of H-pyrrole nitrogens is 1. The quantitative estimate of drug-likeness (QED) is 0.320. The van der Waals surface area contributed by atoms with Crippen LogP contribution in [-0.2, 0) is 25.5 Å². The van der Waals surface area contributed by atoms with Crippen molar-refractivity contribution in [3.8, 4) is 0 Å². The Balaban J connectivity index is 2.07. The predicted octanol–water partition coefficient (Wildman–Crippen LogP) is 1.25. The first kappa shape index (κ1) is 21.0. The van der Waals surface area contributed by atoms with Gasteiger partial charge >= 0.3 is 12.2 Å². The maximum absolute atomic E-state index is 12.5. The predicted molar refractivity (Wildman–Crippen MR) is 101 cm³/mol. The molecule has 0 aliphatic heterocycles. The molecule has 2 rings (SSSR count). The average molecular weight is 386 g/mol. The number of Topliss-reactive ketones (excluding diaryl/α,β-unsaturated/α-hetero) is 1. The van der Waals surface area contributed by atoms with Crippen molar-refractivity contribution in [1.82, 2.24) is 10.3 Å². The lowest BCUT2D eigenvalue weighted by atomic mass is 10.0. The molecule has 9 heteroatoms. The van der Waals surface area contributed by atoms with E-state index >= 15 is 0 Å². The van der Waals surface area contributed by atoms with Crippen LogP contribution in [0.5, 0.6) is 0 Å². The molecule has 0 aliphatic carbocycles. The molecule has 3 N–H and O–H groups in total. The van der Waals surface area contributed by atoms with Crippen molar-refractivity contribution in [3.05, 3.63) is 41.1 Å². The van der Waals surface area contributed by atoms with Crippen molar-refractivity contribution in [3.63, 3.8) is 0 Å². The lowest BCUT2D eigenvalue weighted by molar-refractivity contribution is -0.144. The Morgan fingerprint density at radius 1 is 1.39 bits per heavy atom. The highest BCUT2D eigenvalue weighted by Gasteiger charge is 2.26. The Bertz CT molecular complexity index is 930. The number of carboxylic acids is 1. The van der Waals surface area contributed by atoms with Gasteiger partial charge in [-0.3, -0.25) is 9.59 Å². The van der Waals surface area contributed by atoms with E-state index in [1.54, 1.807) is 6.20 Å².